The van der Waals surface area contributed by atoms with Crippen LogP contribution in [0.4, 0.5) is 0 Å². The molecule has 1 amide bonds. The molecule has 1 rings (SSSR count). The molecule has 1 saturated heterocycles. The van der Waals surface area contributed by atoms with Gasteiger partial charge in [0.2, 0.25) is 5.91 Å². The molecule has 0 bridgehead atoms. The average Bonchev–Trinajstić information content (AvgIpc) is 2.87. The maximum atomic E-state index is 11.8. The summed E-state index contributed by atoms with van der Waals surface area (Å²) in [6.07, 6.45) is 4.69. The summed E-state index contributed by atoms with van der Waals surface area (Å²) in [7, 11) is 0. The van der Waals surface area contributed by atoms with Gasteiger partial charge in [-0.3, -0.25) is 4.79 Å². The molecule has 4 heteroatoms. The number of amides is 1. The summed E-state index contributed by atoms with van der Waals surface area (Å²) >= 11 is 1.78. The lowest BCUT2D eigenvalue weighted by atomic mass is 10.2. The first-order valence-electron chi connectivity index (χ1n) is 6.86. The molecule has 0 radical (unpaired) electrons. The Morgan fingerprint density at radius 2 is 2.06 bits per heavy atom. The predicted octanol–water partition coefficient (Wildman–Crippen LogP) is 2.12. The summed E-state index contributed by atoms with van der Waals surface area (Å²) in [6, 6.07) is 0.561. The molecule has 3 nitrogen and oxygen atoms in total. The van der Waals surface area contributed by atoms with Crippen molar-refractivity contribution in [2.45, 2.75) is 45.6 Å². The van der Waals surface area contributed by atoms with E-state index in [4.69, 9.17) is 0 Å². The van der Waals surface area contributed by atoms with Crippen molar-refractivity contribution in [3.8, 4) is 0 Å². The van der Waals surface area contributed by atoms with Gasteiger partial charge in [0.15, 0.2) is 0 Å². The molecule has 1 atom stereocenters. The van der Waals surface area contributed by atoms with Crippen LogP contribution in [0, 0.1) is 0 Å². The van der Waals surface area contributed by atoms with Crippen molar-refractivity contribution < 1.29 is 4.79 Å². The second-order valence-corrected chi connectivity index (χ2v) is 5.69. The molecule has 17 heavy (non-hydrogen) atoms. The van der Waals surface area contributed by atoms with Gasteiger partial charge in [-0.25, -0.2) is 0 Å². The highest BCUT2D eigenvalue weighted by Crippen LogP contribution is 2.12. The Morgan fingerprint density at radius 3 is 2.65 bits per heavy atom. The van der Waals surface area contributed by atoms with Crippen LogP contribution in [0.25, 0.3) is 0 Å². The highest BCUT2D eigenvalue weighted by molar-refractivity contribution is 7.99. The van der Waals surface area contributed by atoms with Crippen LogP contribution >= 0.6 is 11.8 Å². The van der Waals surface area contributed by atoms with Gasteiger partial charge >= 0.3 is 0 Å². The molecule has 0 aromatic rings. The summed E-state index contributed by atoms with van der Waals surface area (Å²) in [5.74, 6) is 2.04. The average molecular weight is 258 g/mol. The first-order valence-corrected chi connectivity index (χ1v) is 8.02. The lowest BCUT2D eigenvalue weighted by Gasteiger charge is -2.18. The number of rotatable bonds is 8. The van der Waals surface area contributed by atoms with Gasteiger partial charge in [-0.05, 0) is 32.2 Å². The quantitative estimate of drug-likeness (QED) is 0.724. The van der Waals surface area contributed by atoms with Crippen LogP contribution in [-0.2, 0) is 4.79 Å². The molecule has 1 N–H and O–H groups in total. The lowest BCUT2D eigenvalue weighted by Crippen LogP contribution is -2.33. The number of likely N-dealkylation sites (tertiary alicyclic amines) is 1. The van der Waals surface area contributed by atoms with Gasteiger partial charge in [-0.2, -0.15) is 11.8 Å². The molecule has 1 fully saturated rings. The maximum absolute atomic E-state index is 11.8. The van der Waals surface area contributed by atoms with Crippen LogP contribution < -0.4 is 5.32 Å². The second kappa shape index (κ2) is 8.81. The van der Waals surface area contributed by atoms with Crippen LogP contribution in [0.5, 0.6) is 0 Å². The number of thioether (sulfide) groups is 1. The number of carbonyl (C=O) groups is 1. The van der Waals surface area contributed by atoms with Gasteiger partial charge in [-0.15, -0.1) is 0 Å². The third-order valence-corrected chi connectivity index (χ3v) is 4.27. The van der Waals surface area contributed by atoms with Crippen molar-refractivity contribution in [1.29, 1.82) is 0 Å². The van der Waals surface area contributed by atoms with E-state index in [2.05, 4.69) is 19.2 Å². The summed E-state index contributed by atoms with van der Waals surface area (Å²) in [6.45, 7) is 7.43. The zero-order valence-electron chi connectivity index (χ0n) is 11.2. The number of hydrogen-bond donors (Lipinski definition) is 1. The minimum absolute atomic E-state index is 0.331. The Morgan fingerprint density at radius 1 is 1.35 bits per heavy atom. The Hall–Kier alpha value is -0.220. The third kappa shape index (κ3) is 5.77. The lowest BCUT2D eigenvalue weighted by molar-refractivity contribution is -0.127. The topological polar surface area (TPSA) is 32.3 Å². The largest absolute Gasteiger partial charge is 0.342 e. The highest BCUT2D eigenvalue weighted by atomic mass is 32.2. The molecule has 0 aromatic heterocycles. The van der Waals surface area contributed by atoms with E-state index in [0.717, 1.165) is 31.8 Å². The Bertz CT molecular complexity index is 217. The Labute approximate surface area is 110 Å². The fourth-order valence-electron chi connectivity index (χ4n) is 2.02. The number of nitrogens with zero attached hydrogens (tertiary/aromatic N) is 1. The molecular formula is C13H26N2OS. The molecular weight excluding hydrogens is 232 g/mol. The van der Waals surface area contributed by atoms with Crippen molar-refractivity contribution in [2.24, 2.45) is 0 Å². The molecule has 0 saturated carbocycles. The smallest absolute Gasteiger partial charge is 0.232 e. The maximum Gasteiger partial charge on any atom is 0.232 e. The number of hydrogen-bond acceptors (Lipinski definition) is 3. The van der Waals surface area contributed by atoms with E-state index < -0.39 is 0 Å². The van der Waals surface area contributed by atoms with E-state index in [1.54, 1.807) is 11.8 Å². The fraction of sp³-hybridized carbons (Fsp3) is 0.923. The van der Waals surface area contributed by atoms with E-state index >= 15 is 0 Å². The van der Waals surface area contributed by atoms with Crippen molar-refractivity contribution in [3.63, 3.8) is 0 Å². The minimum Gasteiger partial charge on any atom is -0.342 e. The molecule has 0 aromatic carbocycles. The third-order valence-electron chi connectivity index (χ3n) is 3.18. The standard InChI is InChI=1S/C13H26N2OS/c1-3-7-14-12(4-2)10-17-11-13(16)15-8-5-6-9-15/h12,14H,3-11H2,1-2H3. The van der Waals surface area contributed by atoms with Crippen LogP contribution in [-0.4, -0.2) is 48.0 Å². The monoisotopic (exact) mass is 258 g/mol. The van der Waals surface area contributed by atoms with Crippen molar-refractivity contribution in [1.82, 2.24) is 10.2 Å². The molecule has 0 spiro atoms. The zero-order chi connectivity index (χ0) is 12.5. The first-order chi connectivity index (χ1) is 8.27. The van der Waals surface area contributed by atoms with Crippen LogP contribution in [0.15, 0.2) is 0 Å². The van der Waals surface area contributed by atoms with E-state index in [1.807, 2.05) is 4.90 Å². The van der Waals surface area contributed by atoms with Gasteiger partial charge in [0.25, 0.3) is 0 Å². The first kappa shape index (κ1) is 14.8. The van der Waals surface area contributed by atoms with E-state index in [9.17, 15) is 4.79 Å². The van der Waals surface area contributed by atoms with Crippen molar-refractivity contribution in [2.75, 3.05) is 31.1 Å². The van der Waals surface area contributed by atoms with E-state index in [-0.39, 0.29) is 0 Å². The predicted molar refractivity (Wildman–Crippen MR) is 75.5 cm³/mol. The molecule has 1 heterocycles. The Kier molecular flexibility index (Phi) is 7.69. The molecule has 0 aliphatic carbocycles. The molecule has 100 valence electrons. The highest BCUT2D eigenvalue weighted by Gasteiger charge is 2.17. The molecule has 1 unspecified atom stereocenters. The second-order valence-electron chi connectivity index (χ2n) is 4.66. The van der Waals surface area contributed by atoms with Gasteiger partial charge < -0.3 is 10.2 Å². The number of nitrogens with one attached hydrogen (secondary N) is 1. The molecule has 1 aliphatic heterocycles. The van der Waals surface area contributed by atoms with Gasteiger partial charge in [0.05, 0.1) is 5.75 Å². The SMILES string of the molecule is CCCNC(CC)CSCC(=O)N1CCCC1. The van der Waals surface area contributed by atoms with Crippen LogP contribution in [0.3, 0.4) is 0 Å². The number of carbonyl (C=O) groups excluding carboxylic acids is 1. The van der Waals surface area contributed by atoms with Gasteiger partial charge in [0.1, 0.15) is 0 Å². The zero-order valence-corrected chi connectivity index (χ0v) is 12.0. The van der Waals surface area contributed by atoms with E-state index in [1.165, 1.54) is 19.3 Å². The summed E-state index contributed by atoms with van der Waals surface area (Å²) in [5.41, 5.74) is 0. The van der Waals surface area contributed by atoms with E-state index in [0.29, 0.717) is 17.7 Å². The summed E-state index contributed by atoms with van der Waals surface area (Å²) in [5, 5.41) is 3.52. The normalized spacial score (nSPS) is 17.4. The van der Waals surface area contributed by atoms with Crippen molar-refractivity contribution in [3.05, 3.63) is 0 Å². The van der Waals surface area contributed by atoms with Crippen molar-refractivity contribution >= 4 is 17.7 Å². The summed E-state index contributed by atoms with van der Waals surface area (Å²) < 4.78 is 0. The summed E-state index contributed by atoms with van der Waals surface area (Å²) in [4.78, 5) is 13.8. The minimum atomic E-state index is 0.331. The fourth-order valence-corrected chi connectivity index (χ4v) is 3.13. The van der Waals surface area contributed by atoms with Gasteiger partial charge in [-0.1, -0.05) is 13.8 Å². The molecule has 1 aliphatic rings. The van der Waals surface area contributed by atoms with Gasteiger partial charge in [0, 0.05) is 24.9 Å². The van der Waals surface area contributed by atoms with Crippen LogP contribution in [0.2, 0.25) is 0 Å². The Balaban J connectivity index is 2.10. The van der Waals surface area contributed by atoms with Crippen LogP contribution in [0.1, 0.15) is 39.5 Å².